The predicted molar refractivity (Wildman–Crippen MR) is 89.8 cm³/mol. The Balaban J connectivity index is 2.03. The van der Waals surface area contributed by atoms with E-state index < -0.39 is 12.0 Å². The second-order valence-corrected chi connectivity index (χ2v) is 6.00. The fourth-order valence-electron chi connectivity index (χ4n) is 2.52. The molecule has 0 aromatic heterocycles. The van der Waals surface area contributed by atoms with Crippen molar-refractivity contribution in [2.24, 2.45) is 0 Å². The van der Waals surface area contributed by atoms with Gasteiger partial charge in [0, 0.05) is 23.8 Å². The van der Waals surface area contributed by atoms with Gasteiger partial charge in [0.05, 0.1) is 20.1 Å². The second-order valence-electron chi connectivity index (χ2n) is 5.56. The van der Waals surface area contributed by atoms with E-state index in [1.54, 1.807) is 17.0 Å². The van der Waals surface area contributed by atoms with Gasteiger partial charge in [-0.05, 0) is 24.6 Å². The molecule has 1 aromatic rings. The fourth-order valence-corrected chi connectivity index (χ4v) is 2.69. The van der Waals surface area contributed by atoms with Crippen LogP contribution in [-0.4, -0.2) is 55.5 Å². The van der Waals surface area contributed by atoms with Crippen molar-refractivity contribution in [3.05, 3.63) is 28.8 Å². The highest BCUT2D eigenvalue weighted by atomic mass is 35.5. The zero-order valence-corrected chi connectivity index (χ0v) is 14.4. The number of carbonyl (C=O) groups excluding carboxylic acids is 3. The number of amides is 2. The quantitative estimate of drug-likeness (QED) is 0.769. The van der Waals surface area contributed by atoms with E-state index in [0.717, 1.165) is 5.56 Å². The van der Waals surface area contributed by atoms with Crippen LogP contribution in [0.2, 0.25) is 5.02 Å². The molecule has 2 amide bonds. The summed E-state index contributed by atoms with van der Waals surface area (Å²) in [5.41, 5.74) is 1.51. The van der Waals surface area contributed by atoms with E-state index in [4.69, 9.17) is 11.6 Å². The molecule has 0 radical (unpaired) electrons. The molecular formula is C16H20ClN3O4. The normalized spacial score (nSPS) is 18.0. The van der Waals surface area contributed by atoms with Crippen molar-refractivity contribution in [3.8, 4) is 0 Å². The van der Waals surface area contributed by atoms with E-state index in [-0.39, 0.29) is 24.8 Å². The lowest BCUT2D eigenvalue weighted by Gasteiger charge is -2.33. The number of benzene rings is 1. The Morgan fingerprint density at radius 1 is 1.46 bits per heavy atom. The van der Waals surface area contributed by atoms with Crippen molar-refractivity contribution < 1.29 is 19.1 Å². The predicted octanol–water partition coefficient (Wildman–Crippen LogP) is 0.950. The van der Waals surface area contributed by atoms with E-state index in [0.29, 0.717) is 23.8 Å². The summed E-state index contributed by atoms with van der Waals surface area (Å²) in [6.45, 7) is 2.77. The van der Waals surface area contributed by atoms with Gasteiger partial charge >= 0.3 is 5.97 Å². The van der Waals surface area contributed by atoms with Crippen LogP contribution >= 0.6 is 11.6 Å². The molecule has 7 nitrogen and oxygen atoms in total. The third-order valence-electron chi connectivity index (χ3n) is 3.85. The summed E-state index contributed by atoms with van der Waals surface area (Å²) in [4.78, 5) is 37.5. The van der Waals surface area contributed by atoms with Crippen molar-refractivity contribution in [3.63, 3.8) is 0 Å². The molecule has 1 aliphatic rings. The summed E-state index contributed by atoms with van der Waals surface area (Å²) in [7, 11) is 1.27. The molecular weight excluding hydrogens is 334 g/mol. The molecule has 8 heteroatoms. The van der Waals surface area contributed by atoms with Crippen molar-refractivity contribution >= 4 is 35.1 Å². The van der Waals surface area contributed by atoms with Gasteiger partial charge in [0.15, 0.2) is 0 Å². The first-order chi connectivity index (χ1) is 11.4. The number of piperazine rings is 1. The number of nitrogens with zero attached hydrogens (tertiary/aromatic N) is 1. The van der Waals surface area contributed by atoms with Gasteiger partial charge in [-0.1, -0.05) is 17.7 Å². The third-order valence-corrected chi connectivity index (χ3v) is 4.08. The summed E-state index contributed by atoms with van der Waals surface area (Å²) in [6, 6.07) is 4.52. The summed E-state index contributed by atoms with van der Waals surface area (Å²) in [6.07, 6.45) is -0.0915. The van der Waals surface area contributed by atoms with E-state index in [2.05, 4.69) is 15.4 Å². The Bertz CT molecular complexity index is 650. The highest BCUT2D eigenvalue weighted by Crippen LogP contribution is 2.20. The van der Waals surface area contributed by atoms with Crippen molar-refractivity contribution in [1.29, 1.82) is 0 Å². The number of esters is 1. The fraction of sp³-hybridized carbons (Fsp3) is 0.438. The van der Waals surface area contributed by atoms with Crippen LogP contribution < -0.4 is 10.6 Å². The number of anilines is 1. The van der Waals surface area contributed by atoms with Crippen LogP contribution in [0.15, 0.2) is 18.2 Å². The second kappa shape index (κ2) is 8.12. The largest absolute Gasteiger partial charge is 0.469 e. The maximum atomic E-state index is 12.3. The molecule has 0 unspecified atom stereocenters. The van der Waals surface area contributed by atoms with E-state index in [9.17, 15) is 14.4 Å². The standard InChI is InChI=1S/C16H20ClN3O4/c1-10-3-4-11(17)7-12(10)19-14(21)9-20-6-5-18-16(23)13(20)8-15(22)24-2/h3-4,7,13H,5-6,8-9H2,1-2H3,(H,18,23)(H,19,21)/t13-/m0/s1. The van der Waals surface area contributed by atoms with Gasteiger partial charge in [-0.25, -0.2) is 0 Å². The lowest BCUT2D eigenvalue weighted by atomic mass is 10.1. The maximum Gasteiger partial charge on any atom is 0.307 e. The average Bonchev–Trinajstić information content (AvgIpc) is 2.54. The van der Waals surface area contributed by atoms with Gasteiger partial charge in [-0.3, -0.25) is 19.3 Å². The van der Waals surface area contributed by atoms with Crippen LogP contribution in [0.5, 0.6) is 0 Å². The van der Waals surface area contributed by atoms with Crippen LogP contribution in [0.4, 0.5) is 5.69 Å². The van der Waals surface area contributed by atoms with Crippen LogP contribution in [0, 0.1) is 6.92 Å². The molecule has 1 atom stereocenters. The summed E-state index contributed by atoms with van der Waals surface area (Å²) in [5, 5.41) is 6.01. The Hall–Kier alpha value is -2.12. The molecule has 130 valence electrons. The smallest absolute Gasteiger partial charge is 0.307 e. The minimum atomic E-state index is -0.711. The van der Waals surface area contributed by atoms with Gasteiger partial charge in [-0.2, -0.15) is 0 Å². The first-order valence-corrected chi connectivity index (χ1v) is 7.93. The minimum Gasteiger partial charge on any atom is -0.469 e. The summed E-state index contributed by atoms with van der Waals surface area (Å²) in [5.74, 6) is -1.04. The minimum absolute atomic E-state index is 0.00103. The maximum absolute atomic E-state index is 12.3. The van der Waals surface area contributed by atoms with E-state index in [1.165, 1.54) is 7.11 Å². The van der Waals surface area contributed by atoms with Crippen LogP contribution in [0.1, 0.15) is 12.0 Å². The topological polar surface area (TPSA) is 87.7 Å². The molecule has 2 N–H and O–H groups in total. The molecule has 0 saturated carbocycles. The van der Waals surface area contributed by atoms with Gasteiger partial charge in [0.25, 0.3) is 0 Å². The number of carbonyl (C=O) groups is 3. The Kier molecular flexibility index (Phi) is 6.16. The van der Waals surface area contributed by atoms with Gasteiger partial charge < -0.3 is 15.4 Å². The van der Waals surface area contributed by atoms with E-state index >= 15 is 0 Å². The lowest BCUT2D eigenvalue weighted by Crippen LogP contribution is -2.57. The van der Waals surface area contributed by atoms with Crippen LogP contribution in [0.3, 0.4) is 0 Å². The number of halogens is 1. The summed E-state index contributed by atoms with van der Waals surface area (Å²) >= 11 is 5.94. The molecule has 1 fully saturated rings. The first kappa shape index (κ1) is 18.2. The van der Waals surface area contributed by atoms with Gasteiger partial charge in [-0.15, -0.1) is 0 Å². The van der Waals surface area contributed by atoms with Crippen molar-refractivity contribution in [2.45, 2.75) is 19.4 Å². The van der Waals surface area contributed by atoms with Crippen LogP contribution in [0.25, 0.3) is 0 Å². The van der Waals surface area contributed by atoms with Crippen LogP contribution in [-0.2, 0) is 19.1 Å². The number of ether oxygens (including phenoxy) is 1. The molecule has 0 aliphatic carbocycles. The lowest BCUT2D eigenvalue weighted by molar-refractivity contribution is -0.146. The Labute approximate surface area is 145 Å². The number of aryl methyl sites for hydroxylation is 1. The number of hydrogen-bond donors (Lipinski definition) is 2. The molecule has 1 saturated heterocycles. The molecule has 0 bridgehead atoms. The van der Waals surface area contributed by atoms with Crippen molar-refractivity contribution in [2.75, 3.05) is 32.1 Å². The highest BCUT2D eigenvalue weighted by molar-refractivity contribution is 6.31. The van der Waals surface area contributed by atoms with E-state index in [1.807, 2.05) is 13.0 Å². The zero-order chi connectivity index (χ0) is 17.7. The number of hydrogen-bond acceptors (Lipinski definition) is 5. The molecule has 1 aliphatic heterocycles. The zero-order valence-electron chi connectivity index (χ0n) is 13.6. The highest BCUT2D eigenvalue weighted by Gasteiger charge is 2.33. The van der Waals surface area contributed by atoms with Gasteiger partial charge in [0.1, 0.15) is 6.04 Å². The average molecular weight is 354 g/mol. The molecule has 0 spiro atoms. The SMILES string of the molecule is COC(=O)C[C@H]1C(=O)NCCN1CC(=O)Nc1cc(Cl)ccc1C. The third kappa shape index (κ3) is 4.69. The number of rotatable bonds is 5. The molecule has 2 rings (SSSR count). The Morgan fingerprint density at radius 2 is 2.21 bits per heavy atom. The number of methoxy groups -OCH3 is 1. The monoisotopic (exact) mass is 353 g/mol. The summed E-state index contributed by atoms with van der Waals surface area (Å²) < 4.78 is 4.62. The first-order valence-electron chi connectivity index (χ1n) is 7.55. The number of nitrogens with one attached hydrogen (secondary N) is 2. The molecule has 1 heterocycles. The van der Waals surface area contributed by atoms with Crippen molar-refractivity contribution in [1.82, 2.24) is 10.2 Å². The molecule has 1 aromatic carbocycles. The van der Waals surface area contributed by atoms with Gasteiger partial charge in [0.2, 0.25) is 11.8 Å². The molecule has 24 heavy (non-hydrogen) atoms. The Morgan fingerprint density at radius 3 is 2.92 bits per heavy atom.